The number of sulfone groups is 1. The van der Waals surface area contributed by atoms with E-state index >= 15 is 0 Å². The Morgan fingerprint density at radius 2 is 1.46 bits per heavy atom. The summed E-state index contributed by atoms with van der Waals surface area (Å²) in [6.07, 6.45) is 1.64. The van der Waals surface area contributed by atoms with Crippen molar-refractivity contribution in [2.45, 2.75) is 9.79 Å². The minimum atomic E-state index is -3.58. The molecule has 0 saturated carbocycles. The second kappa shape index (κ2) is 10.5. The van der Waals surface area contributed by atoms with Crippen molar-refractivity contribution in [1.82, 2.24) is 19.8 Å². The zero-order chi connectivity index (χ0) is 25.8. The fourth-order valence-corrected chi connectivity index (χ4v) is 5.42. The summed E-state index contributed by atoms with van der Waals surface area (Å²) in [5.41, 5.74) is 2.83. The van der Waals surface area contributed by atoms with Gasteiger partial charge in [-0.15, -0.1) is 0 Å². The van der Waals surface area contributed by atoms with Crippen LogP contribution in [0.1, 0.15) is 10.4 Å². The molecule has 9 heteroatoms. The highest BCUT2D eigenvalue weighted by atomic mass is 32.2. The van der Waals surface area contributed by atoms with Crippen molar-refractivity contribution in [3.8, 4) is 11.3 Å². The zero-order valence-corrected chi connectivity index (χ0v) is 21.2. The molecule has 0 aliphatic carbocycles. The number of rotatable bonds is 6. The van der Waals surface area contributed by atoms with Gasteiger partial charge in [0.25, 0.3) is 5.91 Å². The predicted octanol–water partition coefficient (Wildman–Crippen LogP) is 4.11. The topological polar surface area (TPSA) is 95.5 Å². The number of hydrogen-bond donors (Lipinski definition) is 1. The molecule has 1 fully saturated rings. The van der Waals surface area contributed by atoms with Crippen LogP contribution in [-0.2, 0) is 9.84 Å². The first kappa shape index (κ1) is 24.6. The summed E-state index contributed by atoms with van der Waals surface area (Å²) in [5.74, 6) is 0.437. The lowest BCUT2D eigenvalue weighted by molar-refractivity contribution is 0.0664. The van der Waals surface area contributed by atoms with Gasteiger partial charge in [-0.2, -0.15) is 0 Å². The Kier molecular flexibility index (Phi) is 6.98. The summed E-state index contributed by atoms with van der Waals surface area (Å²) < 4.78 is 25.7. The highest BCUT2D eigenvalue weighted by Crippen LogP contribution is 2.25. The van der Waals surface area contributed by atoms with E-state index in [1.807, 2.05) is 17.0 Å². The maximum atomic E-state index is 12.8. The Balaban J connectivity index is 1.28. The molecule has 5 rings (SSSR count). The number of amides is 1. The van der Waals surface area contributed by atoms with Gasteiger partial charge in [0, 0.05) is 49.2 Å². The molecule has 0 atom stereocenters. The standard InChI is InChI=1S/C28H27N5O3S/c1-32-17-19-33(20-18-32)27(34)22-7-11-23(12-8-22)30-28-29-16-15-26(31-28)21-9-13-25(14-10-21)37(35,36)24-5-3-2-4-6-24/h2-16H,17-20H2,1H3,(H,29,30,31). The van der Waals surface area contributed by atoms with E-state index < -0.39 is 9.84 Å². The van der Waals surface area contributed by atoms with Gasteiger partial charge in [-0.25, -0.2) is 18.4 Å². The lowest BCUT2D eigenvalue weighted by atomic mass is 10.1. The maximum absolute atomic E-state index is 12.8. The van der Waals surface area contributed by atoms with Gasteiger partial charge in [0.2, 0.25) is 15.8 Å². The Labute approximate surface area is 216 Å². The number of benzene rings is 3. The summed E-state index contributed by atoms with van der Waals surface area (Å²) in [7, 11) is -1.52. The fraction of sp³-hybridized carbons (Fsp3) is 0.179. The Bertz CT molecular complexity index is 1480. The molecule has 1 N–H and O–H groups in total. The minimum Gasteiger partial charge on any atom is -0.336 e. The first-order chi connectivity index (χ1) is 17.9. The molecular weight excluding hydrogens is 486 g/mol. The largest absolute Gasteiger partial charge is 0.336 e. The third kappa shape index (κ3) is 5.52. The van der Waals surface area contributed by atoms with Gasteiger partial charge in [-0.3, -0.25) is 4.79 Å². The van der Waals surface area contributed by atoms with Crippen molar-refractivity contribution >= 4 is 27.4 Å². The van der Waals surface area contributed by atoms with Crippen molar-refractivity contribution in [3.05, 3.63) is 96.7 Å². The smallest absolute Gasteiger partial charge is 0.253 e. The van der Waals surface area contributed by atoms with Crippen molar-refractivity contribution < 1.29 is 13.2 Å². The Morgan fingerprint density at radius 3 is 2.14 bits per heavy atom. The molecule has 4 aromatic rings. The van der Waals surface area contributed by atoms with E-state index in [1.54, 1.807) is 79.0 Å². The maximum Gasteiger partial charge on any atom is 0.253 e. The summed E-state index contributed by atoms with van der Waals surface area (Å²) in [5, 5.41) is 3.17. The van der Waals surface area contributed by atoms with Crippen LogP contribution >= 0.6 is 0 Å². The van der Waals surface area contributed by atoms with Crippen LogP contribution in [0.4, 0.5) is 11.6 Å². The van der Waals surface area contributed by atoms with Gasteiger partial charge in [-0.05, 0) is 61.6 Å². The third-order valence-corrected chi connectivity index (χ3v) is 8.13. The van der Waals surface area contributed by atoms with Gasteiger partial charge >= 0.3 is 0 Å². The van der Waals surface area contributed by atoms with Gasteiger partial charge in [0.05, 0.1) is 15.5 Å². The van der Waals surface area contributed by atoms with Gasteiger partial charge in [-0.1, -0.05) is 30.3 Å². The van der Waals surface area contributed by atoms with Crippen LogP contribution in [0.5, 0.6) is 0 Å². The van der Waals surface area contributed by atoms with Gasteiger partial charge < -0.3 is 15.1 Å². The number of carbonyl (C=O) groups is 1. The molecular formula is C28H27N5O3S. The summed E-state index contributed by atoms with van der Waals surface area (Å²) in [4.78, 5) is 26.2. The molecule has 37 heavy (non-hydrogen) atoms. The molecule has 1 saturated heterocycles. The third-order valence-electron chi connectivity index (χ3n) is 6.35. The van der Waals surface area contributed by atoms with Crippen LogP contribution in [-0.4, -0.2) is 67.3 Å². The fourth-order valence-electron chi connectivity index (χ4n) is 4.14. The van der Waals surface area contributed by atoms with E-state index in [1.165, 1.54) is 0 Å². The van der Waals surface area contributed by atoms with Crippen molar-refractivity contribution in [2.75, 3.05) is 38.5 Å². The van der Waals surface area contributed by atoms with Crippen LogP contribution in [0.2, 0.25) is 0 Å². The number of carbonyl (C=O) groups excluding carboxylic acids is 1. The Morgan fingerprint density at radius 1 is 0.811 bits per heavy atom. The molecule has 188 valence electrons. The molecule has 0 unspecified atom stereocenters. The summed E-state index contributed by atoms with van der Waals surface area (Å²) in [6.45, 7) is 3.22. The molecule has 0 spiro atoms. The molecule has 0 radical (unpaired) electrons. The molecule has 1 amide bonds. The molecule has 1 aromatic heterocycles. The van der Waals surface area contributed by atoms with Gasteiger partial charge in [0.1, 0.15) is 0 Å². The minimum absolute atomic E-state index is 0.0376. The van der Waals surface area contributed by atoms with Crippen LogP contribution in [0.15, 0.2) is 101 Å². The molecule has 1 aliphatic rings. The van der Waals surface area contributed by atoms with Crippen LogP contribution in [0.3, 0.4) is 0 Å². The normalized spacial score (nSPS) is 14.4. The van der Waals surface area contributed by atoms with E-state index in [9.17, 15) is 13.2 Å². The second-order valence-corrected chi connectivity index (χ2v) is 10.9. The van der Waals surface area contributed by atoms with Crippen LogP contribution < -0.4 is 5.32 Å². The average molecular weight is 514 g/mol. The monoisotopic (exact) mass is 513 g/mol. The SMILES string of the molecule is CN1CCN(C(=O)c2ccc(Nc3nccc(-c4ccc(S(=O)(=O)c5ccccc5)cc4)n3)cc2)CC1. The van der Waals surface area contributed by atoms with E-state index in [2.05, 4.69) is 27.2 Å². The highest BCUT2D eigenvalue weighted by Gasteiger charge is 2.20. The first-order valence-electron chi connectivity index (χ1n) is 12.0. The van der Waals surface area contributed by atoms with Crippen molar-refractivity contribution in [1.29, 1.82) is 0 Å². The van der Waals surface area contributed by atoms with Crippen LogP contribution in [0, 0.1) is 0 Å². The zero-order valence-electron chi connectivity index (χ0n) is 20.4. The number of likely N-dealkylation sites (N-methyl/N-ethyl adjacent to an activating group) is 1. The molecule has 0 bridgehead atoms. The first-order valence-corrected chi connectivity index (χ1v) is 13.5. The van der Waals surface area contributed by atoms with E-state index in [-0.39, 0.29) is 15.7 Å². The number of hydrogen-bond acceptors (Lipinski definition) is 7. The van der Waals surface area contributed by atoms with Crippen LogP contribution in [0.25, 0.3) is 11.3 Å². The summed E-state index contributed by atoms with van der Waals surface area (Å²) >= 11 is 0. The lowest BCUT2D eigenvalue weighted by Gasteiger charge is -2.32. The van der Waals surface area contributed by atoms with E-state index in [0.717, 1.165) is 37.4 Å². The quantitative estimate of drug-likeness (QED) is 0.415. The number of aromatic nitrogens is 2. The molecule has 8 nitrogen and oxygen atoms in total. The van der Waals surface area contributed by atoms with Gasteiger partial charge in [0.15, 0.2) is 0 Å². The average Bonchev–Trinajstić information content (AvgIpc) is 2.94. The van der Waals surface area contributed by atoms with E-state index in [4.69, 9.17) is 0 Å². The number of anilines is 2. The Hall–Kier alpha value is -4.08. The lowest BCUT2D eigenvalue weighted by Crippen LogP contribution is -2.47. The van der Waals surface area contributed by atoms with E-state index in [0.29, 0.717) is 17.2 Å². The van der Waals surface area contributed by atoms with Crippen molar-refractivity contribution in [3.63, 3.8) is 0 Å². The number of nitrogens with one attached hydrogen (secondary N) is 1. The molecule has 1 aliphatic heterocycles. The molecule has 2 heterocycles. The predicted molar refractivity (Wildman–Crippen MR) is 142 cm³/mol. The second-order valence-electron chi connectivity index (χ2n) is 8.90. The highest BCUT2D eigenvalue weighted by molar-refractivity contribution is 7.91. The van der Waals surface area contributed by atoms with Crippen molar-refractivity contribution in [2.24, 2.45) is 0 Å². The number of piperazine rings is 1. The number of nitrogens with zero attached hydrogens (tertiary/aromatic N) is 4. The molecule has 3 aromatic carbocycles. The summed E-state index contributed by atoms with van der Waals surface area (Å²) in [6, 6.07) is 24.1.